The number of anilines is 1. The first-order valence-electron chi connectivity index (χ1n) is 4.06. The zero-order valence-corrected chi connectivity index (χ0v) is 7.18. The Labute approximate surface area is 80.3 Å². The van der Waals surface area contributed by atoms with Gasteiger partial charge < -0.3 is 20.5 Å². The van der Waals surface area contributed by atoms with Gasteiger partial charge >= 0.3 is 13.1 Å². The first kappa shape index (κ1) is 9.05. The second-order valence-corrected chi connectivity index (χ2v) is 3.09. The quantitative estimate of drug-likeness (QED) is 0.317. The van der Waals surface area contributed by atoms with Gasteiger partial charge in [0, 0.05) is 11.3 Å². The van der Waals surface area contributed by atoms with Crippen LogP contribution in [0, 0.1) is 0 Å². The summed E-state index contributed by atoms with van der Waals surface area (Å²) in [5.41, 5.74) is 6.71. The highest BCUT2D eigenvalue weighted by atomic mass is 16.6. The molecule has 5 nitrogen and oxygen atoms in total. The predicted octanol–water partition coefficient (Wildman–Crippen LogP) is -0.508. The number of hydrogen-bond donors (Lipinski definition) is 3. The first-order chi connectivity index (χ1) is 6.59. The molecule has 0 radical (unpaired) electrons. The van der Waals surface area contributed by atoms with E-state index in [1.807, 2.05) is 0 Å². The Hall–Kier alpha value is -1.53. The Morgan fingerprint density at radius 1 is 1.43 bits per heavy atom. The normalized spacial score (nSPS) is 19.0. The van der Waals surface area contributed by atoms with E-state index in [0.29, 0.717) is 16.8 Å². The van der Waals surface area contributed by atoms with Gasteiger partial charge in [-0.15, -0.1) is 0 Å². The lowest BCUT2D eigenvalue weighted by atomic mass is 9.77. The van der Waals surface area contributed by atoms with Crippen molar-refractivity contribution < 1.29 is 19.6 Å². The second kappa shape index (κ2) is 3.00. The second-order valence-electron chi connectivity index (χ2n) is 3.09. The van der Waals surface area contributed by atoms with Crippen molar-refractivity contribution in [2.75, 3.05) is 5.73 Å². The molecule has 1 aliphatic rings. The molecule has 0 amide bonds. The van der Waals surface area contributed by atoms with Crippen LogP contribution in [0.1, 0.15) is 21.9 Å². The van der Waals surface area contributed by atoms with Crippen LogP contribution in [0.5, 0.6) is 0 Å². The highest BCUT2D eigenvalue weighted by Gasteiger charge is 2.38. The van der Waals surface area contributed by atoms with Gasteiger partial charge in [0.05, 0.1) is 5.56 Å². The molecular weight excluding hydrogens is 185 g/mol. The third-order valence-electron chi connectivity index (χ3n) is 2.11. The standard InChI is InChI=1S/C8H8BNO4/c10-4-1-2-5-6(3-4)7(9(12)13)14-8(5)11/h1-3,7,12-13H,10H2. The number of carbonyl (C=O) groups excluding carboxylic acids is 1. The van der Waals surface area contributed by atoms with Crippen molar-refractivity contribution in [1.82, 2.24) is 0 Å². The Balaban J connectivity index is 2.51. The van der Waals surface area contributed by atoms with Crippen molar-refractivity contribution >= 4 is 18.8 Å². The number of nitrogen functional groups attached to an aromatic ring is 1. The highest BCUT2D eigenvalue weighted by Crippen LogP contribution is 2.32. The molecule has 72 valence electrons. The number of cyclic esters (lactones) is 1. The van der Waals surface area contributed by atoms with Crippen LogP contribution >= 0.6 is 0 Å². The molecule has 0 spiro atoms. The highest BCUT2D eigenvalue weighted by molar-refractivity contribution is 6.43. The molecule has 1 aliphatic heterocycles. The molecule has 1 heterocycles. The molecule has 4 N–H and O–H groups in total. The van der Waals surface area contributed by atoms with Crippen LogP contribution in [-0.2, 0) is 4.74 Å². The Kier molecular flexibility index (Phi) is 1.94. The monoisotopic (exact) mass is 193 g/mol. The van der Waals surface area contributed by atoms with E-state index in [2.05, 4.69) is 0 Å². The van der Waals surface area contributed by atoms with Gasteiger partial charge in [0.1, 0.15) is 0 Å². The molecule has 1 atom stereocenters. The summed E-state index contributed by atoms with van der Waals surface area (Å²) in [5.74, 6) is -0.557. The molecule has 0 saturated heterocycles. The van der Waals surface area contributed by atoms with E-state index in [4.69, 9.17) is 20.5 Å². The molecule has 0 bridgehead atoms. The minimum Gasteiger partial charge on any atom is -0.456 e. The molecule has 0 fully saturated rings. The summed E-state index contributed by atoms with van der Waals surface area (Å²) in [7, 11) is -1.72. The van der Waals surface area contributed by atoms with Gasteiger partial charge in [-0.25, -0.2) is 4.79 Å². The van der Waals surface area contributed by atoms with Crippen LogP contribution in [-0.4, -0.2) is 23.1 Å². The lowest BCUT2D eigenvalue weighted by molar-refractivity contribution is 0.0458. The summed E-state index contributed by atoms with van der Waals surface area (Å²) in [4.78, 5) is 11.2. The zero-order valence-electron chi connectivity index (χ0n) is 7.18. The van der Waals surface area contributed by atoms with Crippen molar-refractivity contribution in [2.24, 2.45) is 0 Å². The van der Waals surface area contributed by atoms with Crippen LogP contribution in [0.2, 0.25) is 0 Å². The summed E-state index contributed by atoms with van der Waals surface area (Å²) in [5, 5.41) is 17.9. The average Bonchev–Trinajstić information content (AvgIpc) is 2.43. The van der Waals surface area contributed by atoms with Gasteiger partial charge in [-0.05, 0) is 18.2 Å². The molecule has 0 aliphatic carbocycles. The fourth-order valence-corrected chi connectivity index (χ4v) is 1.47. The van der Waals surface area contributed by atoms with Crippen molar-refractivity contribution in [2.45, 2.75) is 6.00 Å². The number of carbonyl (C=O) groups is 1. The smallest absolute Gasteiger partial charge is 0.456 e. The SMILES string of the molecule is Nc1ccc2c(c1)C(B(O)O)OC2=O. The summed E-state index contributed by atoms with van der Waals surface area (Å²) < 4.78 is 4.75. The third-order valence-corrected chi connectivity index (χ3v) is 2.11. The summed E-state index contributed by atoms with van der Waals surface area (Å²) in [6.07, 6.45) is 0. The van der Waals surface area contributed by atoms with E-state index in [1.54, 1.807) is 6.07 Å². The Bertz CT molecular complexity index is 393. The number of benzene rings is 1. The lowest BCUT2D eigenvalue weighted by Gasteiger charge is -2.08. The molecule has 2 rings (SSSR count). The van der Waals surface area contributed by atoms with Gasteiger partial charge in [-0.1, -0.05) is 0 Å². The van der Waals surface area contributed by atoms with Crippen molar-refractivity contribution in [3.05, 3.63) is 29.3 Å². The van der Waals surface area contributed by atoms with Gasteiger partial charge in [-0.3, -0.25) is 0 Å². The summed E-state index contributed by atoms with van der Waals surface area (Å²) in [6.45, 7) is 0. The van der Waals surface area contributed by atoms with Crippen molar-refractivity contribution in [3.63, 3.8) is 0 Å². The van der Waals surface area contributed by atoms with Crippen molar-refractivity contribution in [3.8, 4) is 0 Å². The molecule has 14 heavy (non-hydrogen) atoms. The molecule has 6 heteroatoms. The Morgan fingerprint density at radius 2 is 2.14 bits per heavy atom. The van der Waals surface area contributed by atoms with Gasteiger partial charge in [-0.2, -0.15) is 0 Å². The topological polar surface area (TPSA) is 92.8 Å². The van der Waals surface area contributed by atoms with E-state index in [9.17, 15) is 4.79 Å². The maximum Gasteiger partial charge on any atom is 0.500 e. The Morgan fingerprint density at radius 3 is 2.79 bits per heavy atom. The van der Waals surface area contributed by atoms with Gasteiger partial charge in [0.25, 0.3) is 0 Å². The minimum absolute atomic E-state index is 0.331. The third kappa shape index (κ3) is 1.25. The van der Waals surface area contributed by atoms with E-state index >= 15 is 0 Å². The van der Waals surface area contributed by atoms with Gasteiger partial charge in [0.15, 0.2) is 6.00 Å². The van der Waals surface area contributed by atoms with Crippen molar-refractivity contribution in [1.29, 1.82) is 0 Å². The molecule has 0 aromatic heterocycles. The van der Waals surface area contributed by atoms with Crippen LogP contribution in [0.3, 0.4) is 0 Å². The van der Waals surface area contributed by atoms with Crippen LogP contribution in [0.15, 0.2) is 18.2 Å². The molecule has 1 aromatic carbocycles. The van der Waals surface area contributed by atoms with E-state index in [0.717, 1.165) is 0 Å². The number of ether oxygens (including phenoxy) is 1. The summed E-state index contributed by atoms with van der Waals surface area (Å²) >= 11 is 0. The molecular formula is C8H8BNO4. The number of nitrogens with two attached hydrogens (primary N) is 1. The minimum atomic E-state index is -1.72. The van der Waals surface area contributed by atoms with E-state index in [1.165, 1.54) is 12.1 Å². The van der Waals surface area contributed by atoms with Crippen LogP contribution in [0.4, 0.5) is 5.69 Å². The predicted molar refractivity (Wildman–Crippen MR) is 49.2 cm³/mol. The van der Waals surface area contributed by atoms with Crippen LogP contribution in [0.25, 0.3) is 0 Å². The number of hydrogen-bond acceptors (Lipinski definition) is 5. The van der Waals surface area contributed by atoms with Gasteiger partial charge in [0.2, 0.25) is 0 Å². The molecule has 1 unspecified atom stereocenters. The average molecular weight is 193 g/mol. The van der Waals surface area contributed by atoms with Crippen LogP contribution < -0.4 is 5.73 Å². The fraction of sp³-hybridized carbons (Fsp3) is 0.125. The summed E-state index contributed by atoms with van der Waals surface area (Å²) in [6, 6.07) is 3.55. The zero-order chi connectivity index (χ0) is 10.3. The number of rotatable bonds is 1. The maximum atomic E-state index is 11.2. The number of esters is 1. The first-order valence-corrected chi connectivity index (χ1v) is 4.06. The van der Waals surface area contributed by atoms with E-state index < -0.39 is 19.1 Å². The maximum absolute atomic E-state index is 11.2. The molecule has 1 aromatic rings. The largest absolute Gasteiger partial charge is 0.500 e. The fourth-order valence-electron chi connectivity index (χ4n) is 1.47. The van der Waals surface area contributed by atoms with E-state index in [-0.39, 0.29) is 0 Å². The lowest BCUT2D eigenvalue weighted by Crippen LogP contribution is -2.23. The number of fused-ring (bicyclic) bond motifs is 1. The molecule has 0 saturated carbocycles.